The van der Waals surface area contributed by atoms with Crippen molar-refractivity contribution in [1.82, 2.24) is 20.2 Å². The van der Waals surface area contributed by atoms with E-state index >= 15 is 0 Å². The molecule has 0 atom stereocenters. The summed E-state index contributed by atoms with van der Waals surface area (Å²) in [6.07, 6.45) is 1.40. The van der Waals surface area contributed by atoms with Crippen LogP contribution in [0, 0.1) is 0 Å². The summed E-state index contributed by atoms with van der Waals surface area (Å²) in [6.45, 7) is 4.98. The second-order valence-electron chi connectivity index (χ2n) is 7.21. The highest BCUT2D eigenvalue weighted by Gasteiger charge is 2.16. The molecular formula is C21H24N6O3S2. The van der Waals surface area contributed by atoms with Gasteiger partial charge in [-0.1, -0.05) is 12.1 Å². The zero-order chi connectivity index (χ0) is 22.4. The van der Waals surface area contributed by atoms with E-state index < -0.39 is 10.0 Å². The van der Waals surface area contributed by atoms with Crippen LogP contribution in [0.25, 0.3) is 11.0 Å². The van der Waals surface area contributed by atoms with Crippen LogP contribution in [-0.2, 0) is 14.8 Å². The number of nitrogens with one attached hydrogen (secondary N) is 3. The van der Waals surface area contributed by atoms with Crippen LogP contribution in [0.2, 0.25) is 0 Å². The summed E-state index contributed by atoms with van der Waals surface area (Å²) in [7, 11) is -3.80. The molecule has 1 aliphatic rings. The van der Waals surface area contributed by atoms with E-state index in [2.05, 4.69) is 30.2 Å². The van der Waals surface area contributed by atoms with Crippen molar-refractivity contribution in [2.75, 3.05) is 49.4 Å². The van der Waals surface area contributed by atoms with Crippen molar-refractivity contribution in [2.45, 2.75) is 4.90 Å². The van der Waals surface area contributed by atoms with E-state index in [1.165, 1.54) is 18.3 Å². The van der Waals surface area contributed by atoms with Crippen LogP contribution < -0.4 is 15.4 Å². The fraction of sp³-hybridized carbons (Fsp3) is 0.286. The molecule has 0 spiro atoms. The number of anilines is 2. The minimum absolute atomic E-state index is 0.115. The van der Waals surface area contributed by atoms with Gasteiger partial charge in [0.2, 0.25) is 0 Å². The second-order valence-corrected chi connectivity index (χ2v) is 9.30. The van der Waals surface area contributed by atoms with Crippen LogP contribution >= 0.6 is 12.2 Å². The Bertz CT molecular complexity index is 1180. The first-order chi connectivity index (χ1) is 15.5. The van der Waals surface area contributed by atoms with Gasteiger partial charge in [0.15, 0.2) is 10.9 Å². The van der Waals surface area contributed by atoms with Gasteiger partial charge in [-0.25, -0.2) is 13.4 Å². The average Bonchev–Trinajstić information content (AvgIpc) is 2.80. The number of ether oxygens (including phenoxy) is 1. The van der Waals surface area contributed by atoms with E-state index in [1.807, 2.05) is 18.2 Å². The Morgan fingerprint density at radius 3 is 2.53 bits per heavy atom. The highest BCUT2D eigenvalue weighted by Crippen LogP contribution is 2.18. The summed E-state index contributed by atoms with van der Waals surface area (Å²) in [5, 5.41) is 6.71. The van der Waals surface area contributed by atoms with Gasteiger partial charge < -0.3 is 15.4 Å². The SMILES string of the molecule is O=S(=O)(Nc1cnc2ccccc2n1)c1ccc(NC(=S)NCCN2CCOCC2)cc1. The number of benzene rings is 2. The number of hydrogen-bond donors (Lipinski definition) is 3. The fourth-order valence-corrected chi connectivity index (χ4v) is 4.45. The number of para-hydroxylation sites is 2. The van der Waals surface area contributed by atoms with E-state index in [9.17, 15) is 8.42 Å². The highest BCUT2D eigenvalue weighted by molar-refractivity contribution is 7.92. The molecule has 11 heteroatoms. The summed E-state index contributed by atoms with van der Waals surface area (Å²) in [4.78, 5) is 11.0. The smallest absolute Gasteiger partial charge is 0.263 e. The van der Waals surface area contributed by atoms with Crippen molar-refractivity contribution in [3.63, 3.8) is 0 Å². The molecule has 4 rings (SSSR count). The molecule has 1 fully saturated rings. The highest BCUT2D eigenvalue weighted by atomic mass is 32.2. The Labute approximate surface area is 192 Å². The van der Waals surface area contributed by atoms with E-state index in [0.29, 0.717) is 21.8 Å². The number of fused-ring (bicyclic) bond motifs is 1. The molecule has 3 N–H and O–H groups in total. The van der Waals surface area contributed by atoms with Crippen molar-refractivity contribution in [3.05, 3.63) is 54.7 Å². The maximum Gasteiger partial charge on any atom is 0.263 e. The zero-order valence-corrected chi connectivity index (χ0v) is 19.0. The molecule has 2 heterocycles. The van der Waals surface area contributed by atoms with Crippen LogP contribution in [0.5, 0.6) is 0 Å². The third kappa shape index (κ3) is 5.88. The molecule has 0 amide bonds. The fourth-order valence-electron chi connectivity index (χ4n) is 3.25. The Morgan fingerprint density at radius 1 is 1.06 bits per heavy atom. The molecule has 0 radical (unpaired) electrons. The molecule has 1 saturated heterocycles. The number of thiocarbonyl (C=S) groups is 1. The van der Waals surface area contributed by atoms with Gasteiger partial charge in [-0.3, -0.25) is 14.6 Å². The molecule has 0 aliphatic carbocycles. The molecule has 9 nitrogen and oxygen atoms in total. The first-order valence-corrected chi connectivity index (χ1v) is 12.1. The Hall–Kier alpha value is -2.86. The van der Waals surface area contributed by atoms with E-state index in [1.54, 1.807) is 18.2 Å². The predicted molar refractivity (Wildman–Crippen MR) is 128 cm³/mol. The van der Waals surface area contributed by atoms with E-state index in [4.69, 9.17) is 17.0 Å². The average molecular weight is 473 g/mol. The molecule has 32 heavy (non-hydrogen) atoms. The summed E-state index contributed by atoms with van der Waals surface area (Å²) in [5.41, 5.74) is 2.00. The minimum atomic E-state index is -3.80. The molecular weight excluding hydrogens is 448 g/mol. The number of sulfonamides is 1. The summed E-state index contributed by atoms with van der Waals surface area (Å²) >= 11 is 5.32. The van der Waals surface area contributed by atoms with Crippen LogP contribution in [0.4, 0.5) is 11.5 Å². The quantitative estimate of drug-likeness (QED) is 0.445. The summed E-state index contributed by atoms with van der Waals surface area (Å²) in [6, 6.07) is 13.6. The summed E-state index contributed by atoms with van der Waals surface area (Å²) in [5.74, 6) is 0.163. The standard InChI is InChI=1S/C21H24N6O3S2/c28-32(29,26-20-15-23-18-3-1-2-4-19(18)25-20)17-7-5-16(6-8-17)24-21(31)22-9-10-27-11-13-30-14-12-27/h1-8,15H,9-14H2,(H,25,26)(H2,22,24,31). The number of aromatic nitrogens is 2. The lowest BCUT2D eigenvalue weighted by molar-refractivity contribution is 0.0389. The van der Waals surface area contributed by atoms with E-state index in [0.717, 1.165) is 39.4 Å². The predicted octanol–water partition coefficient (Wildman–Crippen LogP) is 2.05. The number of hydrogen-bond acceptors (Lipinski definition) is 7. The van der Waals surface area contributed by atoms with E-state index in [-0.39, 0.29) is 10.7 Å². The van der Waals surface area contributed by atoms with Gasteiger partial charge in [0, 0.05) is 31.9 Å². The number of rotatable bonds is 7. The Kier molecular flexibility index (Phi) is 7.10. The molecule has 3 aromatic rings. The lowest BCUT2D eigenvalue weighted by atomic mass is 10.3. The Morgan fingerprint density at radius 2 is 1.78 bits per heavy atom. The third-order valence-electron chi connectivity index (χ3n) is 4.93. The third-order valence-corrected chi connectivity index (χ3v) is 6.54. The van der Waals surface area contributed by atoms with Gasteiger partial charge in [-0.15, -0.1) is 0 Å². The van der Waals surface area contributed by atoms with Crippen molar-refractivity contribution >= 4 is 49.9 Å². The molecule has 0 bridgehead atoms. The lowest BCUT2D eigenvalue weighted by Crippen LogP contribution is -2.42. The van der Waals surface area contributed by atoms with Gasteiger partial charge in [0.05, 0.1) is 35.3 Å². The van der Waals surface area contributed by atoms with Crippen LogP contribution in [0.3, 0.4) is 0 Å². The first-order valence-electron chi connectivity index (χ1n) is 10.2. The zero-order valence-electron chi connectivity index (χ0n) is 17.3. The van der Waals surface area contributed by atoms with Crippen LogP contribution in [-0.4, -0.2) is 67.8 Å². The van der Waals surface area contributed by atoms with Crippen LogP contribution in [0.1, 0.15) is 0 Å². The van der Waals surface area contributed by atoms with Crippen molar-refractivity contribution in [3.8, 4) is 0 Å². The molecule has 168 valence electrons. The van der Waals surface area contributed by atoms with Gasteiger partial charge >= 0.3 is 0 Å². The van der Waals surface area contributed by atoms with Gasteiger partial charge in [0.1, 0.15) is 0 Å². The van der Waals surface area contributed by atoms with Crippen molar-refractivity contribution in [1.29, 1.82) is 0 Å². The lowest BCUT2D eigenvalue weighted by Gasteiger charge is -2.26. The number of nitrogens with zero attached hydrogens (tertiary/aromatic N) is 3. The minimum Gasteiger partial charge on any atom is -0.379 e. The van der Waals surface area contributed by atoms with Gasteiger partial charge in [-0.2, -0.15) is 0 Å². The van der Waals surface area contributed by atoms with Gasteiger partial charge in [0.25, 0.3) is 10.0 Å². The Balaban J connectivity index is 1.31. The maximum atomic E-state index is 12.7. The molecule has 1 aliphatic heterocycles. The molecule has 1 aromatic heterocycles. The largest absolute Gasteiger partial charge is 0.379 e. The normalized spacial score (nSPS) is 14.8. The molecule has 2 aromatic carbocycles. The second kappa shape index (κ2) is 10.2. The van der Waals surface area contributed by atoms with Crippen molar-refractivity contribution in [2.24, 2.45) is 0 Å². The first kappa shape index (κ1) is 22.3. The van der Waals surface area contributed by atoms with Gasteiger partial charge in [-0.05, 0) is 48.6 Å². The topological polar surface area (TPSA) is 108 Å². The summed E-state index contributed by atoms with van der Waals surface area (Å²) < 4.78 is 33.2. The maximum absolute atomic E-state index is 12.7. The molecule has 0 saturated carbocycles. The molecule has 0 unspecified atom stereocenters. The monoisotopic (exact) mass is 472 g/mol. The van der Waals surface area contributed by atoms with Crippen LogP contribution in [0.15, 0.2) is 59.6 Å². The van der Waals surface area contributed by atoms with Crippen molar-refractivity contribution < 1.29 is 13.2 Å². The number of morpholine rings is 1.